The molecule has 2 aromatic heterocycles. The molecule has 0 bridgehead atoms. The lowest BCUT2D eigenvalue weighted by Gasteiger charge is -2.05. The number of pyridine rings is 2. The summed E-state index contributed by atoms with van der Waals surface area (Å²) in [7, 11) is 0. The number of carboxylic acid groups (broad SMARTS) is 1. The van der Waals surface area contributed by atoms with Gasteiger partial charge in [-0.05, 0) is 24.3 Å². The molecule has 0 saturated heterocycles. The molecule has 0 atom stereocenters. The van der Waals surface area contributed by atoms with Crippen molar-refractivity contribution in [2.24, 2.45) is 0 Å². The van der Waals surface area contributed by atoms with E-state index in [0.29, 0.717) is 12.4 Å². The van der Waals surface area contributed by atoms with Gasteiger partial charge >= 0.3 is 5.97 Å². The van der Waals surface area contributed by atoms with Gasteiger partial charge < -0.3 is 10.4 Å². The average Bonchev–Trinajstić information content (AvgIpc) is 2.38. The van der Waals surface area contributed by atoms with Gasteiger partial charge in [0.15, 0.2) is 5.69 Å². The van der Waals surface area contributed by atoms with Gasteiger partial charge in [-0.2, -0.15) is 0 Å². The first kappa shape index (κ1) is 11.1. The molecule has 2 aromatic rings. The van der Waals surface area contributed by atoms with E-state index in [4.69, 9.17) is 5.11 Å². The zero-order valence-electron chi connectivity index (χ0n) is 9.00. The van der Waals surface area contributed by atoms with Gasteiger partial charge in [-0.15, -0.1) is 0 Å². The fourth-order valence-electron chi connectivity index (χ4n) is 1.34. The molecule has 0 aliphatic heterocycles. The molecule has 0 spiro atoms. The number of carboxylic acids is 1. The van der Waals surface area contributed by atoms with Crippen LogP contribution in [0.15, 0.2) is 42.6 Å². The van der Waals surface area contributed by atoms with Crippen LogP contribution in [-0.4, -0.2) is 21.0 Å². The summed E-state index contributed by atoms with van der Waals surface area (Å²) in [4.78, 5) is 18.8. The Hall–Kier alpha value is -2.43. The van der Waals surface area contributed by atoms with E-state index in [-0.39, 0.29) is 5.69 Å². The van der Waals surface area contributed by atoms with Crippen LogP contribution >= 0.6 is 0 Å². The van der Waals surface area contributed by atoms with Crippen LogP contribution in [0.1, 0.15) is 16.2 Å². The fraction of sp³-hybridized carbons (Fsp3) is 0.0833. The molecular formula is C12H11N3O2. The van der Waals surface area contributed by atoms with Crippen LogP contribution < -0.4 is 5.32 Å². The predicted molar refractivity (Wildman–Crippen MR) is 62.8 cm³/mol. The molecule has 0 aromatic carbocycles. The van der Waals surface area contributed by atoms with Crippen LogP contribution in [0, 0.1) is 0 Å². The van der Waals surface area contributed by atoms with E-state index in [9.17, 15) is 4.79 Å². The van der Waals surface area contributed by atoms with Gasteiger partial charge in [-0.25, -0.2) is 9.78 Å². The molecular weight excluding hydrogens is 218 g/mol. The van der Waals surface area contributed by atoms with Crippen LogP contribution in [0.25, 0.3) is 0 Å². The summed E-state index contributed by atoms with van der Waals surface area (Å²) in [6, 6.07) is 10.4. The summed E-state index contributed by atoms with van der Waals surface area (Å²) in [5.74, 6) is -0.512. The minimum Gasteiger partial charge on any atom is -0.477 e. The third-order valence-corrected chi connectivity index (χ3v) is 2.14. The molecule has 2 heterocycles. The molecule has 0 aliphatic carbocycles. The van der Waals surface area contributed by atoms with E-state index in [2.05, 4.69) is 15.3 Å². The van der Waals surface area contributed by atoms with Gasteiger partial charge in [-0.3, -0.25) is 4.98 Å². The first-order chi connectivity index (χ1) is 8.25. The smallest absolute Gasteiger partial charge is 0.354 e. The highest BCUT2D eigenvalue weighted by atomic mass is 16.4. The number of aromatic carboxylic acids is 1. The van der Waals surface area contributed by atoms with E-state index in [1.165, 1.54) is 6.07 Å². The minimum atomic E-state index is -1.04. The van der Waals surface area contributed by atoms with E-state index in [1.54, 1.807) is 18.3 Å². The Morgan fingerprint density at radius 3 is 2.82 bits per heavy atom. The van der Waals surface area contributed by atoms with Crippen molar-refractivity contribution in [3.05, 3.63) is 54.0 Å². The van der Waals surface area contributed by atoms with Crippen LogP contribution in [0.4, 0.5) is 5.82 Å². The standard InChI is InChI=1S/C12H11N3O2/c16-12(17)10-5-3-6-11(15-10)14-8-9-4-1-2-7-13-9/h1-7H,8H2,(H,14,15)(H,16,17). The van der Waals surface area contributed by atoms with Gasteiger partial charge in [-0.1, -0.05) is 12.1 Å². The predicted octanol–water partition coefficient (Wildman–Crippen LogP) is 1.79. The second kappa shape index (κ2) is 5.07. The lowest BCUT2D eigenvalue weighted by molar-refractivity contribution is 0.0690. The first-order valence-electron chi connectivity index (χ1n) is 5.10. The first-order valence-corrected chi connectivity index (χ1v) is 5.10. The SMILES string of the molecule is O=C(O)c1cccc(NCc2ccccn2)n1. The number of hydrogen-bond donors (Lipinski definition) is 2. The van der Waals surface area contributed by atoms with E-state index < -0.39 is 5.97 Å². The number of carbonyl (C=O) groups is 1. The molecule has 5 heteroatoms. The lowest BCUT2D eigenvalue weighted by atomic mass is 10.3. The van der Waals surface area contributed by atoms with Gasteiger partial charge in [0.25, 0.3) is 0 Å². The van der Waals surface area contributed by atoms with Crippen molar-refractivity contribution < 1.29 is 9.90 Å². The molecule has 2 rings (SSSR count). The Bertz CT molecular complexity index is 514. The molecule has 0 radical (unpaired) electrons. The van der Waals surface area contributed by atoms with Crippen LogP contribution in [0.5, 0.6) is 0 Å². The highest BCUT2D eigenvalue weighted by Crippen LogP contribution is 2.06. The second-order valence-corrected chi connectivity index (χ2v) is 3.39. The number of hydrogen-bond acceptors (Lipinski definition) is 4. The monoisotopic (exact) mass is 229 g/mol. The van der Waals surface area contributed by atoms with Crippen LogP contribution in [0.3, 0.4) is 0 Å². The molecule has 17 heavy (non-hydrogen) atoms. The molecule has 0 saturated carbocycles. The summed E-state index contributed by atoms with van der Waals surface area (Å²) in [5, 5.41) is 11.8. The molecule has 2 N–H and O–H groups in total. The second-order valence-electron chi connectivity index (χ2n) is 3.39. The molecule has 0 unspecified atom stereocenters. The van der Waals surface area contributed by atoms with Crippen LogP contribution in [0.2, 0.25) is 0 Å². The van der Waals surface area contributed by atoms with Crippen LogP contribution in [-0.2, 0) is 6.54 Å². The maximum atomic E-state index is 10.7. The van der Waals surface area contributed by atoms with Crippen molar-refractivity contribution in [3.8, 4) is 0 Å². The van der Waals surface area contributed by atoms with Crippen molar-refractivity contribution in [3.63, 3.8) is 0 Å². The number of nitrogens with zero attached hydrogens (tertiary/aromatic N) is 2. The largest absolute Gasteiger partial charge is 0.477 e. The summed E-state index contributed by atoms with van der Waals surface area (Å²) >= 11 is 0. The van der Waals surface area contributed by atoms with Gasteiger partial charge in [0.05, 0.1) is 12.2 Å². The third kappa shape index (κ3) is 3.01. The highest BCUT2D eigenvalue weighted by molar-refractivity contribution is 5.85. The maximum Gasteiger partial charge on any atom is 0.354 e. The summed E-state index contributed by atoms with van der Waals surface area (Å²) in [5.41, 5.74) is 0.894. The Morgan fingerprint density at radius 2 is 2.12 bits per heavy atom. The third-order valence-electron chi connectivity index (χ3n) is 2.14. The van der Waals surface area contributed by atoms with Gasteiger partial charge in [0, 0.05) is 6.20 Å². The Labute approximate surface area is 98.2 Å². The van der Waals surface area contributed by atoms with E-state index in [0.717, 1.165) is 5.69 Å². The average molecular weight is 229 g/mol. The number of rotatable bonds is 4. The summed E-state index contributed by atoms with van der Waals surface area (Å²) in [6.45, 7) is 0.511. The Morgan fingerprint density at radius 1 is 1.24 bits per heavy atom. The molecule has 5 nitrogen and oxygen atoms in total. The van der Waals surface area contributed by atoms with Gasteiger partial charge in [0.2, 0.25) is 0 Å². The topological polar surface area (TPSA) is 75.1 Å². The van der Waals surface area contributed by atoms with Crippen molar-refractivity contribution in [2.45, 2.75) is 6.54 Å². The number of nitrogens with one attached hydrogen (secondary N) is 1. The fourth-order valence-corrected chi connectivity index (χ4v) is 1.34. The van der Waals surface area contributed by atoms with Crippen molar-refractivity contribution in [1.29, 1.82) is 0 Å². The van der Waals surface area contributed by atoms with Crippen molar-refractivity contribution in [2.75, 3.05) is 5.32 Å². The normalized spacial score (nSPS) is 9.88. The maximum absolute atomic E-state index is 10.7. The number of aromatic nitrogens is 2. The summed E-state index contributed by atoms with van der Waals surface area (Å²) in [6.07, 6.45) is 1.71. The lowest BCUT2D eigenvalue weighted by Crippen LogP contribution is -2.06. The van der Waals surface area contributed by atoms with Crippen molar-refractivity contribution >= 4 is 11.8 Å². The minimum absolute atomic E-state index is 0.0241. The Kier molecular flexibility index (Phi) is 3.30. The highest BCUT2D eigenvalue weighted by Gasteiger charge is 2.04. The van der Waals surface area contributed by atoms with Gasteiger partial charge in [0.1, 0.15) is 5.82 Å². The Balaban J connectivity index is 2.04. The van der Waals surface area contributed by atoms with E-state index in [1.807, 2.05) is 18.2 Å². The molecule has 0 aliphatic rings. The zero-order chi connectivity index (χ0) is 12.1. The van der Waals surface area contributed by atoms with Crippen molar-refractivity contribution in [1.82, 2.24) is 9.97 Å². The van der Waals surface area contributed by atoms with E-state index >= 15 is 0 Å². The molecule has 0 amide bonds. The zero-order valence-corrected chi connectivity index (χ0v) is 9.00. The quantitative estimate of drug-likeness (QED) is 0.835. The summed E-state index contributed by atoms with van der Waals surface area (Å²) < 4.78 is 0. The molecule has 86 valence electrons. The number of anilines is 1. The molecule has 0 fully saturated rings.